The molecule has 30 heavy (non-hydrogen) atoms. The van der Waals surface area contributed by atoms with Gasteiger partial charge in [0.05, 0.1) is 18.6 Å². The molecule has 0 unspecified atom stereocenters. The number of hydrogen-bond acceptors (Lipinski definition) is 6. The average Bonchev–Trinajstić information content (AvgIpc) is 3.43. The lowest BCUT2D eigenvalue weighted by atomic mass is 10.2. The van der Waals surface area contributed by atoms with Gasteiger partial charge in [0.2, 0.25) is 5.91 Å². The van der Waals surface area contributed by atoms with Crippen LogP contribution in [0.4, 0.5) is 0 Å². The Kier molecular flexibility index (Phi) is 6.29. The van der Waals surface area contributed by atoms with Crippen molar-refractivity contribution in [3.63, 3.8) is 0 Å². The number of carbonyl (C=O) groups is 1. The largest absolute Gasteiger partial charge is 0.467 e. The molecular weight excluding hydrogens is 466 g/mol. The molecule has 3 aromatic heterocycles. The molecule has 0 saturated heterocycles. The Morgan fingerprint density at radius 1 is 1.17 bits per heavy atom. The smallest absolute Gasteiger partial charge is 0.233 e. The number of hydrogen-bond donors (Lipinski definition) is 0. The predicted molar refractivity (Wildman–Crippen MR) is 118 cm³/mol. The maximum atomic E-state index is 12.6. The number of amides is 1. The van der Waals surface area contributed by atoms with Crippen molar-refractivity contribution in [1.29, 1.82) is 0 Å². The molecule has 0 aliphatic rings. The highest BCUT2D eigenvalue weighted by Gasteiger charge is 2.19. The van der Waals surface area contributed by atoms with Crippen LogP contribution in [0.3, 0.4) is 0 Å². The number of furan rings is 1. The molecule has 0 radical (unpaired) electrons. The molecule has 4 rings (SSSR count). The Bertz CT molecular complexity index is 1110. The zero-order valence-corrected chi connectivity index (χ0v) is 18.5. The molecule has 0 atom stereocenters. The van der Waals surface area contributed by atoms with Crippen LogP contribution in [0.2, 0.25) is 0 Å². The minimum absolute atomic E-state index is 0.0234. The molecule has 1 amide bonds. The number of nitrogens with zero attached hydrogens (tertiary/aromatic N) is 5. The molecule has 0 aliphatic heterocycles. The van der Waals surface area contributed by atoms with Crippen molar-refractivity contribution >= 4 is 33.6 Å². The number of carbonyl (C=O) groups excluding carboxylic acids is 1. The standard InChI is InChI=1S/C21H18BrN5O2S/c1-26(13-18-5-3-11-29-18)19(28)14-30-21-25-24-20(15-4-2-10-23-12-15)27(21)17-8-6-16(22)7-9-17/h2-12H,13-14H2,1H3. The van der Waals surface area contributed by atoms with Gasteiger partial charge in [-0.3, -0.25) is 14.3 Å². The van der Waals surface area contributed by atoms with Crippen LogP contribution in [0, 0.1) is 0 Å². The molecule has 0 aliphatic carbocycles. The van der Waals surface area contributed by atoms with Crippen molar-refractivity contribution in [1.82, 2.24) is 24.6 Å². The van der Waals surface area contributed by atoms with E-state index in [0.717, 1.165) is 21.5 Å². The third kappa shape index (κ3) is 4.63. The van der Waals surface area contributed by atoms with Crippen molar-refractivity contribution in [2.45, 2.75) is 11.7 Å². The number of halogens is 1. The van der Waals surface area contributed by atoms with Crippen LogP contribution >= 0.6 is 27.7 Å². The second kappa shape index (κ2) is 9.27. The van der Waals surface area contributed by atoms with E-state index >= 15 is 0 Å². The number of rotatable bonds is 7. The van der Waals surface area contributed by atoms with Crippen molar-refractivity contribution in [3.8, 4) is 17.1 Å². The van der Waals surface area contributed by atoms with Crippen molar-refractivity contribution in [2.75, 3.05) is 12.8 Å². The Labute approximate surface area is 186 Å². The van der Waals surface area contributed by atoms with Gasteiger partial charge in [0, 0.05) is 35.2 Å². The van der Waals surface area contributed by atoms with Gasteiger partial charge in [-0.05, 0) is 48.5 Å². The SMILES string of the molecule is CN(Cc1ccco1)C(=O)CSc1nnc(-c2cccnc2)n1-c1ccc(Br)cc1. The van der Waals surface area contributed by atoms with Crippen LogP contribution in [0.25, 0.3) is 17.1 Å². The zero-order valence-electron chi connectivity index (χ0n) is 16.1. The summed E-state index contributed by atoms with van der Waals surface area (Å²) in [6.07, 6.45) is 5.06. The average molecular weight is 484 g/mol. The van der Waals surface area contributed by atoms with E-state index < -0.39 is 0 Å². The van der Waals surface area contributed by atoms with E-state index in [4.69, 9.17) is 4.42 Å². The fourth-order valence-electron chi connectivity index (χ4n) is 2.83. The summed E-state index contributed by atoms with van der Waals surface area (Å²) < 4.78 is 8.24. The van der Waals surface area contributed by atoms with E-state index in [1.54, 1.807) is 30.6 Å². The van der Waals surface area contributed by atoms with Gasteiger partial charge >= 0.3 is 0 Å². The van der Waals surface area contributed by atoms with Gasteiger partial charge in [-0.15, -0.1) is 10.2 Å². The van der Waals surface area contributed by atoms with Gasteiger partial charge in [0.15, 0.2) is 11.0 Å². The number of aromatic nitrogens is 4. The Morgan fingerprint density at radius 3 is 2.70 bits per heavy atom. The molecule has 9 heteroatoms. The van der Waals surface area contributed by atoms with E-state index in [1.165, 1.54) is 11.8 Å². The van der Waals surface area contributed by atoms with E-state index in [9.17, 15) is 4.79 Å². The summed E-state index contributed by atoms with van der Waals surface area (Å²) in [5.74, 6) is 1.63. The lowest BCUT2D eigenvalue weighted by Gasteiger charge is -2.15. The molecule has 3 heterocycles. The minimum Gasteiger partial charge on any atom is -0.467 e. The quantitative estimate of drug-likeness (QED) is 0.361. The number of benzene rings is 1. The molecule has 4 aromatic rings. The van der Waals surface area contributed by atoms with E-state index in [0.29, 0.717) is 17.5 Å². The highest BCUT2D eigenvalue weighted by molar-refractivity contribution is 9.10. The summed E-state index contributed by atoms with van der Waals surface area (Å²) in [6, 6.07) is 15.3. The first-order valence-corrected chi connectivity index (χ1v) is 10.9. The first-order chi connectivity index (χ1) is 14.6. The van der Waals surface area contributed by atoms with Crippen LogP contribution in [0.15, 0.2) is 81.2 Å². The lowest BCUT2D eigenvalue weighted by molar-refractivity contribution is -0.127. The Hall–Kier alpha value is -2.91. The van der Waals surface area contributed by atoms with Crippen LogP contribution in [-0.2, 0) is 11.3 Å². The summed E-state index contributed by atoms with van der Waals surface area (Å²) in [6.45, 7) is 0.423. The van der Waals surface area contributed by atoms with Gasteiger partial charge in [-0.2, -0.15) is 0 Å². The highest BCUT2D eigenvalue weighted by atomic mass is 79.9. The maximum absolute atomic E-state index is 12.6. The van der Waals surface area contributed by atoms with E-state index in [2.05, 4.69) is 31.1 Å². The summed E-state index contributed by atoms with van der Waals surface area (Å²) in [5.41, 5.74) is 1.75. The second-order valence-corrected chi connectivity index (χ2v) is 8.34. The van der Waals surface area contributed by atoms with Gasteiger partial charge in [-0.25, -0.2) is 0 Å². The van der Waals surface area contributed by atoms with Gasteiger partial charge in [-0.1, -0.05) is 27.7 Å². The second-order valence-electron chi connectivity index (χ2n) is 6.48. The third-order valence-electron chi connectivity index (χ3n) is 4.36. The Balaban J connectivity index is 1.57. The Morgan fingerprint density at radius 2 is 2.00 bits per heavy atom. The zero-order chi connectivity index (χ0) is 20.9. The molecule has 7 nitrogen and oxygen atoms in total. The maximum Gasteiger partial charge on any atom is 0.233 e. The molecule has 152 valence electrons. The minimum atomic E-state index is -0.0234. The normalized spacial score (nSPS) is 10.9. The molecule has 1 aromatic carbocycles. The predicted octanol–water partition coefficient (Wildman–Crippen LogP) is 4.44. The summed E-state index contributed by atoms with van der Waals surface area (Å²) in [5, 5.41) is 9.35. The van der Waals surface area contributed by atoms with Crippen molar-refractivity contribution in [2.24, 2.45) is 0 Å². The lowest BCUT2D eigenvalue weighted by Crippen LogP contribution is -2.27. The topological polar surface area (TPSA) is 77.1 Å². The third-order valence-corrected chi connectivity index (χ3v) is 5.80. The van der Waals surface area contributed by atoms with Crippen LogP contribution in [0.1, 0.15) is 5.76 Å². The van der Waals surface area contributed by atoms with Gasteiger partial charge in [0.25, 0.3) is 0 Å². The van der Waals surface area contributed by atoms with Crippen molar-refractivity contribution < 1.29 is 9.21 Å². The van der Waals surface area contributed by atoms with Gasteiger partial charge in [0.1, 0.15) is 5.76 Å². The summed E-state index contributed by atoms with van der Waals surface area (Å²) in [7, 11) is 1.76. The van der Waals surface area contributed by atoms with Crippen LogP contribution in [-0.4, -0.2) is 43.4 Å². The van der Waals surface area contributed by atoms with Gasteiger partial charge < -0.3 is 9.32 Å². The van der Waals surface area contributed by atoms with E-state index in [1.807, 2.05) is 53.1 Å². The fraction of sp³-hybridized carbons (Fsp3) is 0.143. The fourth-order valence-corrected chi connectivity index (χ4v) is 3.99. The molecule has 0 spiro atoms. The molecule has 0 N–H and O–H groups in total. The summed E-state index contributed by atoms with van der Waals surface area (Å²) >= 11 is 4.81. The molecular formula is C21H18BrN5O2S. The monoisotopic (exact) mass is 483 g/mol. The molecule has 0 bridgehead atoms. The van der Waals surface area contributed by atoms with Crippen molar-refractivity contribution in [3.05, 3.63) is 77.4 Å². The van der Waals surface area contributed by atoms with Crippen LogP contribution in [0.5, 0.6) is 0 Å². The first kappa shape index (κ1) is 20.4. The van der Waals surface area contributed by atoms with Crippen LogP contribution < -0.4 is 0 Å². The summed E-state index contributed by atoms with van der Waals surface area (Å²) in [4.78, 5) is 18.4. The molecule has 0 fully saturated rings. The number of thioether (sulfide) groups is 1. The van der Waals surface area contributed by atoms with E-state index in [-0.39, 0.29) is 11.7 Å². The highest BCUT2D eigenvalue weighted by Crippen LogP contribution is 2.28. The molecule has 0 saturated carbocycles. The first-order valence-electron chi connectivity index (χ1n) is 9.13. The number of pyridine rings is 1.